The third-order valence-electron chi connectivity index (χ3n) is 2.35. The molecule has 16 heavy (non-hydrogen) atoms. The fourth-order valence-electron chi connectivity index (χ4n) is 1.26. The van der Waals surface area contributed by atoms with Gasteiger partial charge < -0.3 is 9.26 Å². The van der Waals surface area contributed by atoms with E-state index in [0.717, 1.165) is 17.7 Å². The Morgan fingerprint density at radius 1 is 1.38 bits per heavy atom. The second kappa shape index (κ2) is 4.79. The molecule has 1 heterocycles. The van der Waals surface area contributed by atoms with E-state index in [4.69, 9.17) is 4.74 Å². The van der Waals surface area contributed by atoms with Crippen LogP contribution in [0.5, 0.6) is 5.75 Å². The predicted octanol–water partition coefficient (Wildman–Crippen LogP) is 2.71. The molecule has 4 heteroatoms. The fraction of sp³-hybridized carbons (Fsp3) is 0.333. The highest BCUT2D eigenvalue weighted by molar-refractivity contribution is 5.55. The van der Waals surface area contributed by atoms with Crippen molar-refractivity contribution in [3.8, 4) is 17.1 Å². The van der Waals surface area contributed by atoms with Crippen molar-refractivity contribution >= 4 is 0 Å². The first kappa shape index (κ1) is 10.7. The van der Waals surface area contributed by atoms with Crippen LogP contribution < -0.4 is 4.74 Å². The zero-order chi connectivity index (χ0) is 11.4. The maximum absolute atomic E-state index is 5.66. The summed E-state index contributed by atoms with van der Waals surface area (Å²) in [4.78, 5) is 3.85. The maximum Gasteiger partial charge on any atom is 0.316 e. The zero-order valence-corrected chi connectivity index (χ0v) is 9.30. The summed E-state index contributed by atoms with van der Waals surface area (Å²) >= 11 is 0. The van der Waals surface area contributed by atoms with Gasteiger partial charge in [-0.25, -0.2) is 0 Å². The summed E-state index contributed by atoms with van der Waals surface area (Å²) in [7, 11) is 0. The molecule has 0 fully saturated rings. The molecular weight excluding hydrogens is 204 g/mol. The number of hydrogen-bond acceptors (Lipinski definition) is 4. The lowest BCUT2D eigenvalue weighted by atomic mass is 10.2. The van der Waals surface area contributed by atoms with Crippen LogP contribution in [0.25, 0.3) is 11.4 Å². The van der Waals surface area contributed by atoms with Crippen LogP contribution in [-0.4, -0.2) is 16.2 Å². The zero-order valence-electron chi connectivity index (χ0n) is 9.30. The highest BCUT2D eigenvalue weighted by Gasteiger charge is 2.04. The normalized spacial score (nSPS) is 12.4. The Labute approximate surface area is 94.2 Å². The summed E-state index contributed by atoms with van der Waals surface area (Å²) in [5.41, 5.74) is 0.890. The van der Waals surface area contributed by atoms with Crippen molar-refractivity contribution in [2.24, 2.45) is 0 Å². The van der Waals surface area contributed by atoms with Gasteiger partial charge in [-0.2, -0.15) is 4.98 Å². The molecule has 0 aliphatic rings. The number of aromatic nitrogens is 2. The first-order valence-electron chi connectivity index (χ1n) is 5.26. The van der Waals surface area contributed by atoms with Crippen molar-refractivity contribution in [1.29, 1.82) is 0 Å². The second-order valence-electron chi connectivity index (χ2n) is 3.57. The van der Waals surface area contributed by atoms with Crippen LogP contribution in [0.4, 0.5) is 0 Å². The summed E-state index contributed by atoms with van der Waals surface area (Å²) < 4.78 is 10.2. The molecular formula is C12H13N2O2. The third kappa shape index (κ3) is 2.39. The summed E-state index contributed by atoms with van der Waals surface area (Å²) in [5.74, 6) is 1.39. The molecule has 0 aliphatic heterocycles. The molecule has 1 aromatic heterocycles. The maximum atomic E-state index is 5.66. The Kier molecular flexibility index (Phi) is 3.19. The van der Waals surface area contributed by atoms with Crippen LogP contribution in [-0.2, 0) is 0 Å². The Morgan fingerprint density at radius 3 is 2.69 bits per heavy atom. The third-order valence-corrected chi connectivity index (χ3v) is 2.35. The van der Waals surface area contributed by atoms with E-state index < -0.39 is 0 Å². The topological polar surface area (TPSA) is 48.2 Å². The lowest BCUT2D eigenvalue weighted by molar-refractivity contribution is 0.217. The quantitative estimate of drug-likeness (QED) is 0.790. The molecule has 0 saturated carbocycles. The first-order chi connectivity index (χ1) is 7.79. The lowest BCUT2D eigenvalue weighted by Crippen LogP contribution is -2.09. The largest absolute Gasteiger partial charge is 0.491 e. The van der Waals surface area contributed by atoms with Gasteiger partial charge in [-0.1, -0.05) is 12.1 Å². The van der Waals surface area contributed by atoms with Gasteiger partial charge in [0, 0.05) is 5.56 Å². The van der Waals surface area contributed by atoms with Gasteiger partial charge in [-0.15, -0.1) is 0 Å². The Morgan fingerprint density at radius 2 is 2.12 bits per heavy atom. The minimum absolute atomic E-state index is 0.226. The van der Waals surface area contributed by atoms with E-state index in [2.05, 4.69) is 28.0 Å². The molecule has 0 aliphatic carbocycles. The van der Waals surface area contributed by atoms with Gasteiger partial charge in [-0.05, 0) is 37.6 Å². The fourth-order valence-corrected chi connectivity index (χ4v) is 1.26. The molecule has 0 spiro atoms. The standard InChI is InChI=1S/C12H13N2O2/c1-3-9(2)16-11-6-4-10(5-7-11)12-13-8-15-14-12/h4-7,9H,3H2,1-2H3/t9-/m1/s1. The van der Waals surface area contributed by atoms with Gasteiger partial charge >= 0.3 is 6.39 Å². The van der Waals surface area contributed by atoms with Gasteiger partial charge in [0.15, 0.2) is 0 Å². The van der Waals surface area contributed by atoms with E-state index in [1.54, 1.807) is 0 Å². The van der Waals surface area contributed by atoms with Crippen LogP contribution in [0, 0.1) is 6.39 Å². The minimum Gasteiger partial charge on any atom is -0.491 e. The van der Waals surface area contributed by atoms with E-state index >= 15 is 0 Å². The highest BCUT2D eigenvalue weighted by atomic mass is 16.5. The molecule has 0 saturated heterocycles. The molecule has 0 N–H and O–H groups in total. The van der Waals surface area contributed by atoms with Crippen molar-refractivity contribution in [2.45, 2.75) is 26.4 Å². The molecule has 1 atom stereocenters. The van der Waals surface area contributed by atoms with Crippen LogP contribution >= 0.6 is 0 Å². The van der Waals surface area contributed by atoms with Crippen molar-refractivity contribution in [3.63, 3.8) is 0 Å². The van der Waals surface area contributed by atoms with Crippen LogP contribution in [0.3, 0.4) is 0 Å². The monoisotopic (exact) mass is 217 g/mol. The summed E-state index contributed by atoms with van der Waals surface area (Å²) in [6.45, 7) is 4.14. The van der Waals surface area contributed by atoms with E-state index in [-0.39, 0.29) is 6.10 Å². The van der Waals surface area contributed by atoms with Crippen molar-refractivity contribution < 1.29 is 9.26 Å². The Hall–Kier alpha value is -1.84. The number of hydrogen-bond donors (Lipinski definition) is 0. The van der Waals surface area contributed by atoms with Crippen LogP contribution in [0.2, 0.25) is 0 Å². The van der Waals surface area contributed by atoms with Gasteiger partial charge in [0.1, 0.15) is 5.75 Å². The van der Waals surface area contributed by atoms with Crippen molar-refractivity contribution in [3.05, 3.63) is 30.7 Å². The molecule has 0 unspecified atom stereocenters. The number of nitrogens with zero attached hydrogens (tertiary/aromatic N) is 2. The van der Waals surface area contributed by atoms with Crippen LogP contribution in [0.1, 0.15) is 20.3 Å². The average Bonchev–Trinajstić information content (AvgIpc) is 2.83. The predicted molar refractivity (Wildman–Crippen MR) is 59.0 cm³/mol. The van der Waals surface area contributed by atoms with E-state index in [1.165, 1.54) is 0 Å². The van der Waals surface area contributed by atoms with Gasteiger partial charge in [0.25, 0.3) is 0 Å². The molecule has 4 nitrogen and oxygen atoms in total. The Balaban J connectivity index is 2.11. The van der Waals surface area contributed by atoms with Crippen molar-refractivity contribution in [2.75, 3.05) is 0 Å². The average molecular weight is 217 g/mol. The van der Waals surface area contributed by atoms with E-state index in [0.29, 0.717) is 5.82 Å². The number of ether oxygens (including phenoxy) is 1. The molecule has 2 aromatic rings. The number of rotatable bonds is 4. The van der Waals surface area contributed by atoms with Crippen molar-refractivity contribution in [1.82, 2.24) is 10.1 Å². The lowest BCUT2D eigenvalue weighted by Gasteiger charge is -2.12. The summed E-state index contributed by atoms with van der Waals surface area (Å²) in [6, 6.07) is 7.60. The molecule has 0 amide bonds. The van der Waals surface area contributed by atoms with Crippen LogP contribution in [0.15, 0.2) is 28.8 Å². The Bertz CT molecular complexity index is 423. The molecule has 1 radical (unpaired) electrons. The highest BCUT2D eigenvalue weighted by Crippen LogP contribution is 2.20. The summed E-state index contributed by atoms with van der Waals surface area (Å²) in [6.07, 6.45) is 3.53. The SMILES string of the molecule is CC[C@@H](C)Oc1ccc(-c2n[c]on2)cc1. The molecule has 2 rings (SSSR count). The van der Waals surface area contributed by atoms with Gasteiger partial charge in [0.2, 0.25) is 5.82 Å². The summed E-state index contributed by atoms with van der Waals surface area (Å²) in [5, 5.41) is 3.71. The molecule has 83 valence electrons. The van der Waals surface area contributed by atoms with E-state index in [9.17, 15) is 0 Å². The smallest absolute Gasteiger partial charge is 0.316 e. The first-order valence-corrected chi connectivity index (χ1v) is 5.26. The van der Waals surface area contributed by atoms with E-state index in [1.807, 2.05) is 31.2 Å². The minimum atomic E-state index is 0.226. The molecule has 1 aromatic carbocycles. The second-order valence-corrected chi connectivity index (χ2v) is 3.57. The molecule has 0 bridgehead atoms. The van der Waals surface area contributed by atoms with Gasteiger partial charge in [-0.3, -0.25) is 0 Å². The van der Waals surface area contributed by atoms with Gasteiger partial charge in [0.05, 0.1) is 6.10 Å². The number of benzene rings is 1.